The van der Waals surface area contributed by atoms with Gasteiger partial charge in [-0.2, -0.15) is 0 Å². The van der Waals surface area contributed by atoms with Crippen molar-refractivity contribution in [2.24, 2.45) is 11.7 Å². The number of aromatic hydroxyl groups is 1. The molecule has 0 spiro atoms. The average molecular weight is 541 g/mol. The fourth-order valence-electron chi connectivity index (χ4n) is 4.35. The van der Waals surface area contributed by atoms with Crippen molar-refractivity contribution in [1.82, 2.24) is 9.88 Å². The molecule has 40 heavy (non-hydrogen) atoms. The van der Waals surface area contributed by atoms with Crippen molar-refractivity contribution in [2.45, 2.75) is 12.8 Å². The summed E-state index contributed by atoms with van der Waals surface area (Å²) in [5.74, 6) is 1.46. The first-order valence-electron chi connectivity index (χ1n) is 12.4. The predicted octanol–water partition coefficient (Wildman–Crippen LogP) is 2.80. The molecule has 1 aliphatic heterocycles. The Morgan fingerprint density at radius 2 is 1.75 bits per heavy atom. The normalized spacial score (nSPS) is 13.2. The minimum Gasteiger partial charge on any atom is -0.506 e. The van der Waals surface area contributed by atoms with Crippen LogP contribution in [0.2, 0.25) is 0 Å². The lowest BCUT2D eigenvalue weighted by Gasteiger charge is -2.32. The Bertz CT molecular complexity index is 1490. The van der Waals surface area contributed by atoms with Crippen LogP contribution in [-0.4, -0.2) is 58.7 Å². The van der Waals surface area contributed by atoms with E-state index in [1.54, 1.807) is 24.3 Å². The van der Waals surface area contributed by atoms with E-state index in [4.69, 9.17) is 22.3 Å². The number of anilines is 2. The van der Waals surface area contributed by atoms with E-state index in [2.05, 4.69) is 21.5 Å². The maximum absolute atomic E-state index is 13.2. The summed E-state index contributed by atoms with van der Waals surface area (Å²) in [7, 11) is 1.39. The predicted molar refractivity (Wildman–Crippen MR) is 149 cm³/mol. The smallest absolute Gasteiger partial charge is 0.259 e. The van der Waals surface area contributed by atoms with Gasteiger partial charge in [0.25, 0.3) is 11.8 Å². The second-order valence-electron chi connectivity index (χ2n) is 9.14. The highest BCUT2D eigenvalue weighted by atomic mass is 16.5. The molecule has 1 aliphatic rings. The molecule has 0 unspecified atom stereocenters. The number of carbonyl (C=O) groups is 3. The molecular weight excluding hydrogens is 512 g/mol. The Morgan fingerprint density at radius 3 is 2.33 bits per heavy atom. The van der Waals surface area contributed by atoms with Gasteiger partial charge in [0.2, 0.25) is 5.91 Å². The van der Waals surface area contributed by atoms with Crippen molar-refractivity contribution in [3.63, 3.8) is 0 Å². The van der Waals surface area contributed by atoms with E-state index in [0.717, 1.165) is 0 Å². The molecule has 11 heteroatoms. The van der Waals surface area contributed by atoms with Crippen molar-refractivity contribution in [3.8, 4) is 23.8 Å². The number of rotatable bonds is 7. The average Bonchev–Trinajstić information content (AvgIpc) is 2.98. The summed E-state index contributed by atoms with van der Waals surface area (Å²) in [6.45, 7) is 1.10. The largest absolute Gasteiger partial charge is 0.506 e. The number of amides is 3. The van der Waals surface area contributed by atoms with Crippen LogP contribution in [0.25, 0.3) is 0 Å². The number of piperidine rings is 1. The Hall–Kier alpha value is -5.37. The van der Waals surface area contributed by atoms with Crippen LogP contribution in [-0.2, 0) is 4.79 Å². The number of methoxy groups -OCH3 is 1. The van der Waals surface area contributed by atoms with Gasteiger partial charge in [-0.25, -0.2) is 4.98 Å². The number of aromatic nitrogens is 1. The van der Waals surface area contributed by atoms with Crippen LogP contribution in [0.5, 0.6) is 11.5 Å². The van der Waals surface area contributed by atoms with Gasteiger partial charge in [-0.3, -0.25) is 19.8 Å². The molecule has 0 atom stereocenters. The van der Waals surface area contributed by atoms with E-state index >= 15 is 0 Å². The number of ether oxygens (including phenoxy) is 1. The van der Waals surface area contributed by atoms with Crippen LogP contribution in [0.3, 0.4) is 0 Å². The number of hydrogen-bond donors (Lipinski definition) is 5. The molecule has 2 aromatic carbocycles. The van der Waals surface area contributed by atoms with E-state index in [-0.39, 0.29) is 40.4 Å². The third-order valence-corrected chi connectivity index (χ3v) is 6.60. The fourth-order valence-corrected chi connectivity index (χ4v) is 4.35. The Morgan fingerprint density at radius 1 is 1.07 bits per heavy atom. The summed E-state index contributed by atoms with van der Waals surface area (Å²) in [5.41, 5.74) is 6.83. The van der Waals surface area contributed by atoms with Gasteiger partial charge in [0.1, 0.15) is 23.2 Å². The third kappa shape index (κ3) is 6.19. The van der Waals surface area contributed by atoms with Gasteiger partial charge in [0.15, 0.2) is 0 Å². The van der Waals surface area contributed by atoms with Gasteiger partial charge < -0.3 is 31.1 Å². The van der Waals surface area contributed by atoms with Crippen LogP contribution in [0.15, 0.2) is 54.7 Å². The summed E-state index contributed by atoms with van der Waals surface area (Å²) in [6, 6.07) is 12.3. The van der Waals surface area contributed by atoms with Crippen molar-refractivity contribution in [2.75, 3.05) is 30.8 Å². The second kappa shape index (κ2) is 12.0. The SMILES string of the molecule is C#Cc1cc(OC)c(NC(=O)c2ccc(C(=N)N3CCC(C(N)=O)CC3)cc2)c(C(=O)Nc2ccc(O)cn2)c1. The van der Waals surface area contributed by atoms with E-state index in [1.165, 1.54) is 37.6 Å². The van der Waals surface area contributed by atoms with Gasteiger partial charge in [0, 0.05) is 35.7 Å². The summed E-state index contributed by atoms with van der Waals surface area (Å²) in [5, 5.41) is 23.3. The van der Waals surface area contributed by atoms with Crippen LogP contribution >= 0.6 is 0 Å². The van der Waals surface area contributed by atoms with Crippen molar-refractivity contribution in [1.29, 1.82) is 5.41 Å². The molecule has 2 heterocycles. The van der Waals surface area contributed by atoms with E-state index < -0.39 is 11.8 Å². The number of benzene rings is 2. The molecule has 3 aromatic rings. The number of amidine groups is 1. The van der Waals surface area contributed by atoms with Crippen LogP contribution in [0.4, 0.5) is 11.5 Å². The van der Waals surface area contributed by atoms with Gasteiger partial charge in [0.05, 0.1) is 24.6 Å². The molecule has 0 bridgehead atoms. The highest BCUT2D eigenvalue weighted by Crippen LogP contribution is 2.32. The summed E-state index contributed by atoms with van der Waals surface area (Å²) < 4.78 is 5.42. The Balaban J connectivity index is 1.53. The zero-order valence-corrected chi connectivity index (χ0v) is 21.7. The second-order valence-corrected chi connectivity index (χ2v) is 9.14. The first kappa shape index (κ1) is 27.7. The topological polar surface area (TPSA) is 171 Å². The molecular formula is C29H28N6O5. The third-order valence-electron chi connectivity index (χ3n) is 6.60. The molecule has 0 radical (unpaired) electrons. The molecule has 1 fully saturated rings. The highest BCUT2D eigenvalue weighted by molar-refractivity contribution is 6.14. The van der Waals surface area contributed by atoms with Crippen LogP contribution in [0.1, 0.15) is 44.7 Å². The Kier molecular flexibility index (Phi) is 8.30. The molecule has 3 amide bonds. The minimum absolute atomic E-state index is 0.0493. The molecule has 11 nitrogen and oxygen atoms in total. The maximum atomic E-state index is 13.2. The molecule has 1 aromatic heterocycles. The number of nitrogens with zero attached hydrogens (tertiary/aromatic N) is 2. The number of pyridine rings is 1. The summed E-state index contributed by atoms with van der Waals surface area (Å²) >= 11 is 0. The highest BCUT2D eigenvalue weighted by Gasteiger charge is 2.25. The fraction of sp³-hybridized carbons (Fsp3) is 0.207. The van der Waals surface area contributed by atoms with E-state index in [9.17, 15) is 19.5 Å². The lowest BCUT2D eigenvalue weighted by molar-refractivity contribution is -0.122. The summed E-state index contributed by atoms with van der Waals surface area (Å²) in [6.07, 6.45) is 7.93. The minimum atomic E-state index is -0.604. The zero-order valence-electron chi connectivity index (χ0n) is 21.7. The van der Waals surface area contributed by atoms with Crippen LogP contribution < -0.4 is 21.1 Å². The van der Waals surface area contributed by atoms with Crippen molar-refractivity contribution < 1.29 is 24.2 Å². The summed E-state index contributed by atoms with van der Waals surface area (Å²) in [4.78, 5) is 43.6. The molecule has 0 aliphatic carbocycles. The number of nitrogens with one attached hydrogen (secondary N) is 3. The quantitative estimate of drug-likeness (QED) is 0.174. The maximum Gasteiger partial charge on any atom is 0.259 e. The van der Waals surface area contributed by atoms with Gasteiger partial charge in [-0.05, 0) is 49.2 Å². The molecule has 1 saturated heterocycles. The number of terminal acetylenes is 1. The molecule has 4 rings (SSSR count). The lowest BCUT2D eigenvalue weighted by Crippen LogP contribution is -2.41. The number of likely N-dealkylation sites (tertiary alicyclic amines) is 1. The lowest BCUT2D eigenvalue weighted by atomic mass is 9.95. The number of hydrogen-bond acceptors (Lipinski definition) is 7. The van der Waals surface area contributed by atoms with Gasteiger partial charge >= 0.3 is 0 Å². The van der Waals surface area contributed by atoms with Crippen molar-refractivity contribution in [3.05, 3.63) is 77.0 Å². The van der Waals surface area contributed by atoms with Gasteiger partial charge in [-0.1, -0.05) is 18.1 Å². The zero-order chi connectivity index (χ0) is 28.8. The molecule has 204 valence electrons. The Labute approximate surface area is 230 Å². The van der Waals surface area contributed by atoms with Crippen molar-refractivity contribution >= 4 is 35.1 Å². The number of carbonyl (C=O) groups excluding carboxylic acids is 3. The van der Waals surface area contributed by atoms with E-state index in [0.29, 0.717) is 48.5 Å². The van der Waals surface area contributed by atoms with E-state index in [1.807, 2.05) is 4.90 Å². The number of nitrogens with two attached hydrogens (primary N) is 1. The van der Waals surface area contributed by atoms with Gasteiger partial charge in [-0.15, -0.1) is 6.42 Å². The van der Waals surface area contributed by atoms with Crippen LogP contribution in [0, 0.1) is 23.7 Å². The molecule has 0 saturated carbocycles. The monoisotopic (exact) mass is 540 g/mol. The first-order chi connectivity index (χ1) is 19.2. The first-order valence-corrected chi connectivity index (χ1v) is 12.4. The number of primary amides is 1. The standard InChI is InChI=1S/C29H28N6O5/c1-3-17-14-22(29(39)33-24-9-8-21(36)16-32-24)25(23(15-17)40-2)34-28(38)20-6-4-18(5-7-20)26(30)35-12-10-19(11-13-35)27(31)37/h1,4-9,14-16,19,30,36H,10-13H2,2H3,(H2,31,37)(H,34,38)(H,32,33,39). The molecule has 6 N–H and O–H groups in total.